The monoisotopic (exact) mass is 239 g/mol. The van der Waals surface area contributed by atoms with Gasteiger partial charge in [-0.15, -0.1) is 0 Å². The summed E-state index contributed by atoms with van der Waals surface area (Å²) in [4.78, 5) is 13.6. The van der Waals surface area contributed by atoms with E-state index in [0.717, 1.165) is 5.76 Å². The molecule has 0 bridgehead atoms. The Morgan fingerprint density at radius 2 is 2.29 bits per heavy atom. The normalized spacial score (nSPS) is 14.6. The third kappa shape index (κ3) is 3.87. The summed E-state index contributed by atoms with van der Waals surface area (Å²) in [6, 6.07) is 3.33. The first kappa shape index (κ1) is 13.7. The lowest BCUT2D eigenvalue weighted by Gasteiger charge is -2.23. The zero-order valence-corrected chi connectivity index (χ0v) is 10.6. The Labute approximate surface area is 102 Å². The van der Waals surface area contributed by atoms with Crippen molar-refractivity contribution in [2.75, 3.05) is 20.6 Å². The van der Waals surface area contributed by atoms with Crippen molar-refractivity contribution in [2.24, 2.45) is 5.73 Å². The molecule has 17 heavy (non-hydrogen) atoms. The first-order chi connectivity index (χ1) is 8.06. The molecule has 1 rings (SSSR count). The quantitative estimate of drug-likeness (QED) is 0.768. The van der Waals surface area contributed by atoms with E-state index in [4.69, 9.17) is 10.2 Å². The van der Waals surface area contributed by atoms with Crippen LogP contribution in [0, 0.1) is 0 Å². The van der Waals surface area contributed by atoms with Crippen LogP contribution in [0.5, 0.6) is 0 Å². The number of hydrogen-bond acceptors (Lipinski definition) is 4. The highest BCUT2D eigenvalue weighted by atomic mass is 16.3. The van der Waals surface area contributed by atoms with Gasteiger partial charge in [0.25, 0.3) is 0 Å². The number of nitrogens with one attached hydrogen (secondary N) is 1. The molecule has 0 radical (unpaired) electrons. The molecule has 0 saturated heterocycles. The second-order valence-corrected chi connectivity index (χ2v) is 4.25. The molecule has 0 spiro atoms. The van der Waals surface area contributed by atoms with E-state index in [2.05, 4.69) is 5.32 Å². The molecule has 0 aliphatic heterocycles. The summed E-state index contributed by atoms with van der Waals surface area (Å²) in [6.45, 7) is 2.38. The minimum absolute atomic E-state index is 0.0259. The summed E-state index contributed by atoms with van der Waals surface area (Å²) >= 11 is 0. The highest BCUT2D eigenvalue weighted by molar-refractivity contribution is 5.81. The summed E-state index contributed by atoms with van der Waals surface area (Å²) in [5.41, 5.74) is 5.65. The van der Waals surface area contributed by atoms with Crippen molar-refractivity contribution in [3.63, 3.8) is 0 Å². The van der Waals surface area contributed by atoms with Crippen LogP contribution in [0.3, 0.4) is 0 Å². The van der Waals surface area contributed by atoms with E-state index in [1.54, 1.807) is 6.26 Å². The zero-order valence-electron chi connectivity index (χ0n) is 10.6. The highest BCUT2D eigenvalue weighted by Gasteiger charge is 2.19. The van der Waals surface area contributed by atoms with E-state index in [1.807, 2.05) is 38.1 Å². The van der Waals surface area contributed by atoms with Gasteiger partial charge in [-0.3, -0.25) is 9.69 Å². The third-order valence-corrected chi connectivity index (χ3v) is 2.74. The molecule has 0 fully saturated rings. The maximum atomic E-state index is 11.6. The lowest BCUT2D eigenvalue weighted by molar-refractivity contribution is -0.122. The van der Waals surface area contributed by atoms with Crippen molar-refractivity contribution in [1.29, 1.82) is 0 Å². The van der Waals surface area contributed by atoms with Gasteiger partial charge in [-0.1, -0.05) is 6.92 Å². The molecular weight excluding hydrogens is 218 g/mol. The average Bonchev–Trinajstić information content (AvgIpc) is 2.81. The van der Waals surface area contributed by atoms with Crippen LogP contribution >= 0.6 is 0 Å². The fourth-order valence-electron chi connectivity index (χ4n) is 1.53. The van der Waals surface area contributed by atoms with Crippen LogP contribution in [-0.2, 0) is 4.79 Å². The number of hydrogen-bond donors (Lipinski definition) is 2. The van der Waals surface area contributed by atoms with Crippen molar-refractivity contribution in [1.82, 2.24) is 10.2 Å². The number of likely N-dealkylation sites (N-methyl/N-ethyl adjacent to an activating group) is 1. The molecule has 5 heteroatoms. The van der Waals surface area contributed by atoms with E-state index in [9.17, 15) is 4.79 Å². The van der Waals surface area contributed by atoms with Crippen LogP contribution in [0.15, 0.2) is 22.8 Å². The fourth-order valence-corrected chi connectivity index (χ4v) is 1.53. The molecule has 1 aromatic heterocycles. The van der Waals surface area contributed by atoms with Crippen molar-refractivity contribution in [3.05, 3.63) is 24.2 Å². The Morgan fingerprint density at radius 3 is 2.76 bits per heavy atom. The van der Waals surface area contributed by atoms with E-state index in [1.165, 1.54) is 0 Å². The number of amides is 1. The Morgan fingerprint density at radius 1 is 1.59 bits per heavy atom. The minimum Gasteiger partial charge on any atom is -0.468 e. The van der Waals surface area contributed by atoms with Gasteiger partial charge in [-0.2, -0.15) is 0 Å². The molecular formula is C12H21N3O2. The van der Waals surface area contributed by atoms with Crippen LogP contribution in [-0.4, -0.2) is 37.5 Å². The highest BCUT2D eigenvalue weighted by Crippen LogP contribution is 2.17. The average molecular weight is 239 g/mol. The first-order valence-corrected chi connectivity index (χ1v) is 5.79. The van der Waals surface area contributed by atoms with Crippen LogP contribution in [0.2, 0.25) is 0 Å². The van der Waals surface area contributed by atoms with E-state index < -0.39 is 6.04 Å². The zero-order chi connectivity index (χ0) is 12.8. The molecule has 1 aromatic rings. The lowest BCUT2D eigenvalue weighted by atomic mass is 10.2. The summed E-state index contributed by atoms with van der Waals surface area (Å²) in [5, 5.41) is 2.84. The van der Waals surface area contributed by atoms with E-state index in [-0.39, 0.29) is 11.9 Å². The van der Waals surface area contributed by atoms with Gasteiger partial charge in [0, 0.05) is 6.54 Å². The van der Waals surface area contributed by atoms with Gasteiger partial charge >= 0.3 is 0 Å². The summed E-state index contributed by atoms with van der Waals surface area (Å²) in [5.74, 6) is 0.714. The molecule has 2 unspecified atom stereocenters. The van der Waals surface area contributed by atoms with Gasteiger partial charge in [0.15, 0.2) is 0 Å². The summed E-state index contributed by atoms with van der Waals surface area (Å²) in [7, 11) is 3.89. The van der Waals surface area contributed by atoms with Crippen molar-refractivity contribution < 1.29 is 9.21 Å². The number of carbonyl (C=O) groups excluding carboxylic acids is 1. The van der Waals surface area contributed by atoms with E-state index in [0.29, 0.717) is 13.0 Å². The molecule has 1 heterocycles. The largest absolute Gasteiger partial charge is 0.468 e. The van der Waals surface area contributed by atoms with Gasteiger partial charge in [0.1, 0.15) is 5.76 Å². The van der Waals surface area contributed by atoms with Crippen molar-refractivity contribution in [3.8, 4) is 0 Å². The van der Waals surface area contributed by atoms with Crippen LogP contribution in [0.25, 0.3) is 0 Å². The van der Waals surface area contributed by atoms with Gasteiger partial charge < -0.3 is 15.5 Å². The molecule has 2 atom stereocenters. The molecule has 0 aliphatic rings. The van der Waals surface area contributed by atoms with Gasteiger partial charge in [-0.05, 0) is 32.6 Å². The predicted octanol–water partition coefficient (Wildman–Crippen LogP) is 0.736. The second-order valence-electron chi connectivity index (χ2n) is 4.25. The number of rotatable bonds is 6. The molecule has 0 aliphatic carbocycles. The molecule has 5 nitrogen and oxygen atoms in total. The molecule has 3 N–H and O–H groups in total. The standard InChI is InChI=1S/C12H21N3O2/c1-4-9(13)12(16)14-8-10(15(2)3)11-6-5-7-17-11/h5-7,9-10H,4,8,13H2,1-3H3,(H,14,16). The maximum Gasteiger partial charge on any atom is 0.236 e. The lowest BCUT2D eigenvalue weighted by Crippen LogP contribution is -2.43. The Kier molecular flexibility index (Phi) is 5.18. The SMILES string of the molecule is CCC(N)C(=O)NCC(c1ccco1)N(C)C. The number of carbonyl (C=O) groups is 1. The van der Waals surface area contributed by atoms with Crippen LogP contribution < -0.4 is 11.1 Å². The molecule has 0 saturated carbocycles. The van der Waals surface area contributed by atoms with Crippen molar-refractivity contribution in [2.45, 2.75) is 25.4 Å². The molecule has 0 aromatic carbocycles. The Bertz CT molecular complexity index is 336. The Hall–Kier alpha value is -1.33. The summed E-state index contributed by atoms with van der Waals surface area (Å²) < 4.78 is 5.35. The van der Waals surface area contributed by atoms with Gasteiger partial charge in [0.05, 0.1) is 18.3 Å². The van der Waals surface area contributed by atoms with Gasteiger partial charge in [0.2, 0.25) is 5.91 Å². The molecule has 96 valence electrons. The number of furan rings is 1. The van der Waals surface area contributed by atoms with Crippen LogP contribution in [0.1, 0.15) is 25.1 Å². The predicted molar refractivity (Wildman–Crippen MR) is 66.4 cm³/mol. The van der Waals surface area contributed by atoms with Gasteiger partial charge in [-0.25, -0.2) is 0 Å². The molecule has 1 amide bonds. The minimum atomic E-state index is -0.436. The topological polar surface area (TPSA) is 71.5 Å². The number of nitrogens with zero attached hydrogens (tertiary/aromatic N) is 1. The van der Waals surface area contributed by atoms with E-state index >= 15 is 0 Å². The fraction of sp³-hybridized carbons (Fsp3) is 0.583. The van der Waals surface area contributed by atoms with Crippen molar-refractivity contribution >= 4 is 5.91 Å². The second kappa shape index (κ2) is 6.42. The third-order valence-electron chi connectivity index (χ3n) is 2.74. The first-order valence-electron chi connectivity index (χ1n) is 5.79. The Balaban J connectivity index is 2.55. The smallest absolute Gasteiger partial charge is 0.236 e. The maximum absolute atomic E-state index is 11.6. The number of nitrogens with two attached hydrogens (primary N) is 1. The van der Waals surface area contributed by atoms with Crippen LogP contribution in [0.4, 0.5) is 0 Å². The summed E-state index contributed by atoms with van der Waals surface area (Å²) in [6.07, 6.45) is 2.27.